The highest BCUT2D eigenvalue weighted by Crippen LogP contribution is 2.50. The van der Waals surface area contributed by atoms with Gasteiger partial charge in [0.05, 0.1) is 11.6 Å². The molecule has 0 aliphatic heterocycles. The number of amides is 1. The Morgan fingerprint density at radius 2 is 1.61 bits per heavy atom. The minimum absolute atomic E-state index is 0.0570. The fourth-order valence-corrected chi connectivity index (χ4v) is 5.43. The number of aromatic nitrogens is 4. The van der Waals surface area contributed by atoms with Crippen LogP contribution < -0.4 is 5.73 Å². The van der Waals surface area contributed by atoms with E-state index in [1.165, 1.54) is 6.20 Å². The van der Waals surface area contributed by atoms with Crippen molar-refractivity contribution in [3.05, 3.63) is 107 Å². The van der Waals surface area contributed by atoms with Crippen molar-refractivity contribution in [2.75, 3.05) is 0 Å². The normalized spacial score (nSPS) is 14.3. The molecular weight excluding hydrogens is 498 g/mol. The Balaban J connectivity index is 1.49. The third-order valence-corrected chi connectivity index (χ3v) is 7.04. The maximum Gasteiger partial charge on any atom is 0.249 e. The van der Waals surface area contributed by atoms with E-state index < -0.39 is 40.2 Å². The summed E-state index contributed by atoms with van der Waals surface area (Å²) in [4.78, 5) is 23.2. The van der Waals surface area contributed by atoms with Crippen LogP contribution in [0.5, 0.6) is 0 Å². The molecule has 1 aliphatic carbocycles. The van der Waals surface area contributed by atoms with Gasteiger partial charge in [0.15, 0.2) is 23.3 Å². The molecule has 7 rings (SSSR count). The van der Waals surface area contributed by atoms with Crippen LogP contribution in [0, 0.1) is 23.3 Å². The molecule has 3 N–H and O–H groups in total. The number of carbonyl (C=O) groups excluding carboxylic acids is 1. The minimum Gasteiger partial charge on any atom is -0.366 e. The van der Waals surface area contributed by atoms with Crippen molar-refractivity contribution < 1.29 is 22.4 Å². The molecule has 0 bridgehead atoms. The Bertz CT molecular complexity index is 1930. The summed E-state index contributed by atoms with van der Waals surface area (Å²) in [6, 6.07) is 16.0. The van der Waals surface area contributed by atoms with Gasteiger partial charge in [0.1, 0.15) is 22.5 Å². The maximum absolute atomic E-state index is 14.5. The summed E-state index contributed by atoms with van der Waals surface area (Å²) in [5, 5.41) is 0.606. The van der Waals surface area contributed by atoms with E-state index in [1.807, 2.05) is 41.1 Å². The van der Waals surface area contributed by atoms with Gasteiger partial charge in [-0.2, -0.15) is 0 Å². The first-order chi connectivity index (χ1) is 18.4. The largest absolute Gasteiger partial charge is 0.366 e. The number of nitrogens with one attached hydrogen (secondary N) is 1. The summed E-state index contributed by atoms with van der Waals surface area (Å²) >= 11 is 0. The van der Waals surface area contributed by atoms with E-state index in [2.05, 4.69) is 15.0 Å². The van der Waals surface area contributed by atoms with Gasteiger partial charge in [-0.25, -0.2) is 27.5 Å². The van der Waals surface area contributed by atoms with E-state index in [0.29, 0.717) is 22.2 Å². The fraction of sp³-hybridized carbons (Fsp3) is 0.0357. The van der Waals surface area contributed by atoms with Crippen LogP contribution in [0.25, 0.3) is 44.6 Å². The molecule has 1 amide bonds. The number of benzene rings is 3. The predicted molar refractivity (Wildman–Crippen MR) is 132 cm³/mol. The Kier molecular flexibility index (Phi) is 4.53. The van der Waals surface area contributed by atoms with Crippen molar-refractivity contribution in [3.8, 4) is 22.5 Å². The lowest BCUT2D eigenvalue weighted by Crippen LogP contribution is -2.12. The van der Waals surface area contributed by atoms with Gasteiger partial charge in [-0.15, -0.1) is 0 Å². The summed E-state index contributed by atoms with van der Waals surface area (Å²) in [6.45, 7) is 0. The number of nitrogens with zero attached hydrogens (tertiary/aromatic N) is 3. The van der Waals surface area contributed by atoms with Crippen LogP contribution in [0.3, 0.4) is 0 Å². The van der Waals surface area contributed by atoms with Crippen molar-refractivity contribution in [2.45, 2.75) is 6.04 Å². The van der Waals surface area contributed by atoms with Crippen LogP contribution in [0.15, 0.2) is 67.0 Å². The third-order valence-electron chi connectivity index (χ3n) is 7.04. The van der Waals surface area contributed by atoms with Crippen LogP contribution >= 0.6 is 0 Å². The smallest absolute Gasteiger partial charge is 0.249 e. The van der Waals surface area contributed by atoms with Crippen molar-refractivity contribution in [3.63, 3.8) is 0 Å². The van der Waals surface area contributed by atoms with Crippen LogP contribution in [0.4, 0.5) is 17.6 Å². The first-order valence-corrected chi connectivity index (χ1v) is 11.6. The summed E-state index contributed by atoms with van der Waals surface area (Å²) in [5.41, 5.74) is 9.11. The number of hydrogen-bond acceptors (Lipinski definition) is 3. The molecule has 3 aromatic heterocycles. The SMILES string of the molecule is NC(=O)c1ccnc2c1ccn2C1c2ccccc2-c2c(-c3nc4c(F)c(F)c(F)c(F)c4[nH]3)cccc21. The molecule has 6 aromatic rings. The van der Waals surface area contributed by atoms with Gasteiger partial charge < -0.3 is 15.3 Å². The second-order valence-electron chi connectivity index (χ2n) is 9.01. The van der Waals surface area contributed by atoms with E-state index in [-0.39, 0.29) is 11.9 Å². The van der Waals surface area contributed by atoms with E-state index >= 15 is 0 Å². The van der Waals surface area contributed by atoms with E-state index in [0.717, 1.165) is 22.3 Å². The Hall–Kier alpha value is -4.99. The highest BCUT2D eigenvalue weighted by molar-refractivity contribution is 6.05. The van der Waals surface area contributed by atoms with Crippen molar-refractivity contribution in [1.82, 2.24) is 19.5 Å². The number of fused-ring (bicyclic) bond motifs is 5. The van der Waals surface area contributed by atoms with Gasteiger partial charge in [-0.3, -0.25) is 4.79 Å². The molecule has 6 nitrogen and oxygen atoms in total. The highest BCUT2D eigenvalue weighted by Gasteiger charge is 2.34. The Morgan fingerprint density at radius 1 is 0.868 bits per heavy atom. The molecule has 0 saturated heterocycles. The number of hydrogen-bond donors (Lipinski definition) is 2. The van der Waals surface area contributed by atoms with Crippen molar-refractivity contribution in [2.24, 2.45) is 5.73 Å². The van der Waals surface area contributed by atoms with Gasteiger partial charge in [-0.1, -0.05) is 42.5 Å². The lowest BCUT2D eigenvalue weighted by molar-refractivity contribution is 0.100. The molecule has 1 unspecified atom stereocenters. The summed E-state index contributed by atoms with van der Waals surface area (Å²) < 4.78 is 58.6. The van der Waals surface area contributed by atoms with Gasteiger partial charge in [0, 0.05) is 23.3 Å². The number of carbonyl (C=O) groups is 1. The predicted octanol–water partition coefficient (Wildman–Crippen LogP) is 5.85. The zero-order chi connectivity index (χ0) is 26.3. The van der Waals surface area contributed by atoms with Gasteiger partial charge in [0.25, 0.3) is 0 Å². The first-order valence-electron chi connectivity index (χ1n) is 11.6. The summed E-state index contributed by atoms with van der Waals surface area (Å²) in [7, 11) is 0. The lowest BCUT2D eigenvalue weighted by atomic mass is 9.99. The molecule has 0 spiro atoms. The fourth-order valence-electron chi connectivity index (χ4n) is 5.43. The number of nitrogens with two attached hydrogens (primary N) is 1. The average molecular weight is 513 g/mol. The Morgan fingerprint density at radius 3 is 2.42 bits per heavy atom. The van der Waals surface area contributed by atoms with Crippen LogP contribution in [0.1, 0.15) is 27.5 Å². The van der Waals surface area contributed by atoms with Gasteiger partial charge in [-0.05, 0) is 34.4 Å². The molecule has 3 aromatic carbocycles. The number of imidazole rings is 1. The molecule has 0 saturated carbocycles. The molecule has 186 valence electrons. The standard InChI is InChI=1S/C28H15F4N5O/c29-19-20(30)22(32)24-23(21(19)31)35-27(36-24)17-7-3-6-16-18(17)12-4-1-2-5-13(12)25(16)37-11-9-15-14(26(33)38)8-10-34-28(15)37/h1-11,25H,(H2,33,38)(H,35,36). The first kappa shape index (κ1) is 22.2. The topological polar surface area (TPSA) is 89.6 Å². The highest BCUT2D eigenvalue weighted by atomic mass is 19.2. The quantitative estimate of drug-likeness (QED) is 0.176. The summed E-state index contributed by atoms with van der Waals surface area (Å²) in [5.74, 6) is -7.44. The molecule has 10 heteroatoms. The zero-order valence-corrected chi connectivity index (χ0v) is 19.3. The zero-order valence-electron chi connectivity index (χ0n) is 19.3. The average Bonchev–Trinajstić information content (AvgIpc) is 3.64. The summed E-state index contributed by atoms with van der Waals surface area (Å²) in [6.07, 6.45) is 3.34. The van der Waals surface area contributed by atoms with E-state index in [1.54, 1.807) is 24.3 Å². The number of rotatable bonds is 3. The lowest BCUT2D eigenvalue weighted by Gasteiger charge is -2.17. The van der Waals surface area contributed by atoms with E-state index in [9.17, 15) is 22.4 Å². The molecule has 3 heterocycles. The van der Waals surface area contributed by atoms with Crippen LogP contribution in [-0.4, -0.2) is 25.4 Å². The maximum atomic E-state index is 14.5. The molecule has 38 heavy (non-hydrogen) atoms. The number of pyridine rings is 1. The van der Waals surface area contributed by atoms with E-state index in [4.69, 9.17) is 5.73 Å². The minimum atomic E-state index is -1.92. The number of H-pyrrole nitrogens is 1. The molecular formula is C28H15F4N5O. The third kappa shape index (κ3) is 2.85. The number of aromatic amines is 1. The second kappa shape index (κ2) is 7.75. The number of primary amides is 1. The van der Waals surface area contributed by atoms with Gasteiger partial charge >= 0.3 is 0 Å². The van der Waals surface area contributed by atoms with Crippen LogP contribution in [-0.2, 0) is 0 Å². The van der Waals surface area contributed by atoms with Crippen molar-refractivity contribution >= 4 is 28.0 Å². The van der Waals surface area contributed by atoms with Crippen LogP contribution in [0.2, 0.25) is 0 Å². The number of halogens is 4. The molecule has 0 fully saturated rings. The molecule has 1 aliphatic rings. The molecule has 0 radical (unpaired) electrons. The molecule has 1 atom stereocenters. The monoisotopic (exact) mass is 513 g/mol. The Labute approximate surface area is 211 Å². The van der Waals surface area contributed by atoms with Crippen molar-refractivity contribution in [1.29, 1.82) is 0 Å². The second-order valence-corrected chi connectivity index (χ2v) is 9.01. The van der Waals surface area contributed by atoms with Gasteiger partial charge in [0.2, 0.25) is 5.91 Å².